The van der Waals surface area contributed by atoms with Crippen LogP contribution >= 0.6 is 0 Å². The zero-order valence-corrected chi connectivity index (χ0v) is 35.9. The maximum absolute atomic E-state index is 14.1. The molecule has 4 heterocycles. The van der Waals surface area contributed by atoms with Gasteiger partial charge in [-0.3, -0.25) is 4.90 Å². The number of anilines is 1. The molecule has 3 aromatic carbocycles. The molecule has 2 bridgehead atoms. The number of unbranched alkanes of at least 4 members (excludes halogenated alkanes) is 4. The van der Waals surface area contributed by atoms with Gasteiger partial charge in [0.05, 0.1) is 54.4 Å². The number of hydrogen-bond donors (Lipinski definition) is 1. The Morgan fingerprint density at radius 2 is 1.48 bits per heavy atom. The van der Waals surface area contributed by atoms with Gasteiger partial charge in [-0.1, -0.05) is 69.4 Å². The van der Waals surface area contributed by atoms with Crippen LogP contribution in [-0.2, 0) is 20.0 Å². The Hall–Kier alpha value is -3.00. The van der Waals surface area contributed by atoms with E-state index in [4.69, 9.17) is 4.74 Å². The third kappa shape index (κ3) is 10.9. The molecular formula is C44H65N3O7S2. The zero-order valence-electron chi connectivity index (χ0n) is 34.3. The van der Waals surface area contributed by atoms with Crippen molar-refractivity contribution in [2.45, 2.75) is 100 Å². The smallest absolute Gasteiger partial charge is 0.179 e. The van der Waals surface area contributed by atoms with Gasteiger partial charge in [-0.2, -0.15) is 0 Å². The molecule has 310 valence electrons. The van der Waals surface area contributed by atoms with Gasteiger partial charge in [0.2, 0.25) is 0 Å². The molecule has 0 spiro atoms. The van der Waals surface area contributed by atoms with Crippen LogP contribution in [0.4, 0.5) is 5.69 Å². The highest BCUT2D eigenvalue weighted by atomic mass is 32.2. The van der Waals surface area contributed by atoms with E-state index >= 15 is 0 Å². The number of quaternary nitrogens is 1. The lowest BCUT2D eigenvalue weighted by molar-refractivity contribution is -0.941. The predicted molar refractivity (Wildman–Crippen MR) is 223 cm³/mol. The molecule has 7 rings (SSSR count). The van der Waals surface area contributed by atoms with Gasteiger partial charge in [-0.15, -0.1) is 0 Å². The summed E-state index contributed by atoms with van der Waals surface area (Å²) in [7, 11) is -3.94. The van der Waals surface area contributed by atoms with Gasteiger partial charge in [0.1, 0.15) is 15.9 Å². The van der Waals surface area contributed by atoms with Crippen LogP contribution in [0.3, 0.4) is 0 Å². The Morgan fingerprint density at radius 1 is 0.875 bits per heavy atom. The van der Waals surface area contributed by atoms with Crippen LogP contribution in [0.5, 0.6) is 5.75 Å². The maximum atomic E-state index is 14.1. The van der Waals surface area contributed by atoms with Crippen LogP contribution in [0.1, 0.15) is 94.2 Å². The number of benzene rings is 3. The van der Waals surface area contributed by atoms with E-state index < -0.39 is 37.4 Å². The molecule has 3 fully saturated rings. The van der Waals surface area contributed by atoms with Gasteiger partial charge in [0.25, 0.3) is 0 Å². The minimum Gasteiger partial charge on any atom is -0.744 e. The standard InChI is InChI=1S/C37H58N3O4S.C7H8O3S/c1-5-7-18-37(19-8-6-2)29-45(42,43)34-17-14-31(38(3)4)28-33(34)35(36(37)41)30-12-15-32(16-13-30)44-27-11-9-10-23-40-24-20-39(21-25-40)22-26-40;1-6-2-4-7(5-3-6)11(8,9)10/h12-17,28,35-36,41H,5-11,18-27,29H2,1-4H3;2-5H,1H3,(H,8,9,10)/q+1;/p-1/t35-,36-;/m1./s1. The molecule has 4 aliphatic rings. The fraction of sp³-hybridized carbons (Fsp3) is 0.591. The van der Waals surface area contributed by atoms with E-state index in [2.05, 4.69) is 18.7 Å². The number of piperazine rings is 3. The fourth-order valence-electron chi connectivity index (χ4n) is 8.85. The van der Waals surface area contributed by atoms with E-state index in [1.807, 2.05) is 62.3 Å². The molecule has 0 radical (unpaired) electrons. The molecule has 1 N–H and O–H groups in total. The second-order valence-electron chi connectivity index (χ2n) is 16.7. The molecule has 0 amide bonds. The Labute approximate surface area is 337 Å². The van der Waals surface area contributed by atoms with Crippen molar-refractivity contribution in [1.82, 2.24) is 4.90 Å². The average molecular weight is 812 g/mol. The molecule has 3 saturated heterocycles. The largest absolute Gasteiger partial charge is 0.744 e. The molecule has 10 nitrogen and oxygen atoms in total. The predicted octanol–water partition coefficient (Wildman–Crippen LogP) is 6.99. The average Bonchev–Trinajstić information content (AvgIpc) is 3.25. The summed E-state index contributed by atoms with van der Waals surface area (Å²) in [6.07, 6.45) is 7.81. The van der Waals surface area contributed by atoms with Crippen LogP contribution in [-0.4, -0.2) is 114 Å². The highest BCUT2D eigenvalue weighted by Gasteiger charge is 2.49. The topological polar surface area (TPSA) is 127 Å². The Kier molecular flexibility index (Phi) is 15.1. The molecule has 12 heteroatoms. The lowest BCUT2D eigenvalue weighted by Crippen LogP contribution is -2.67. The van der Waals surface area contributed by atoms with Crippen molar-refractivity contribution < 1.29 is 35.7 Å². The molecule has 0 aromatic heterocycles. The summed E-state index contributed by atoms with van der Waals surface area (Å²) in [4.78, 5) is 4.79. The third-order valence-electron chi connectivity index (χ3n) is 12.4. The number of nitrogens with zero attached hydrogens (tertiary/aromatic N) is 3. The summed E-state index contributed by atoms with van der Waals surface area (Å²) >= 11 is 0. The SMILES string of the molecule is CCCCC1(CCCC)CS(=O)(=O)c2ccc(N(C)C)cc2[C@@H](c2ccc(OCCCCC[N+]34CCN(CC3)CC4)cc2)[C@H]1O.Cc1ccc(S(=O)(=O)[O-])cc1. The first-order chi connectivity index (χ1) is 26.6. The Balaban J connectivity index is 0.000000470. The molecule has 0 unspecified atom stereocenters. The van der Waals surface area contributed by atoms with Gasteiger partial charge >= 0.3 is 0 Å². The quantitative estimate of drug-likeness (QED) is 0.0925. The molecule has 2 atom stereocenters. The molecular weight excluding hydrogens is 747 g/mol. The van der Waals surface area contributed by atoms with Gasteiger partial charge in [0.15, 0.2) is 9.84 Å². The minimum atomic E-state index is -4.27. The summed E-state index contributed by atoms with van der Waals surface area (Å²) < 4.78 is 66.8. The first-order valence-electron chi connectivity index (χ1n) is 20.7. The van der Waals surface area contributed by atoms with Gasteiger partial charge in [0, 0.05) is 50.7 Å². The monoisotopic (exact) mass is 811 g/mol. The van der Waals surface area contributed by atoms with Crippen molar-refractivity contribution in [2.75, 3.05) is 77.2 Å². The number of aryl methyl sites for hydroxylation is 1. The highest BCUT2D eigenvalue weighted by Crippen LogP contribution is 2.50. The first-order valence-corrected chi connectivity index (χ1v) is 23.7. The number of aliphatic hydroxyl groups is 1. The van der Waals surface area contributed by atoms with Crippen molar-refractivity contribution in [3.8, 4) is 5.75 Å². The van der Waals surface area contributed by atoms with Gasteiger partial charge in [-0.05, 0) is 92.6 Å². The van der Waals surface area contributed by atoms with E-state index in [9.17, 15) is 26.5 Å². The van der Waals surface area contributed by atoms with Crippen LogP contribution < -0.4 is 9.64 Å². The van der Waals surface area contributed by atoms with Crippen molar-refractivity contribution in [1.29, 1.82) is 0 Å². The van der Waals surface area contributed by atoms with E-state index in [-0.39, 0.29) is 10.6 Å². The minimum absolute atomic E-state index is 0.00832. The van der Waals surface area contributed by atoms with E-state index in [1.54, 1.807) is 18.2 Å². The zero-order chi connectivity index (χ0) is 40.6. The molecule has 3 aromatic rings. The third-order valence-corrected chi connectivity index (χ3v) is 15.3. The molecule has 0 saturated carbocycles. The second-order valence-corrected chi connectivity index (χ2v) is 20.0. The summed E-state index contributed by atoms with van der Waals surface area (Å²) in [5, 5.41) is 12.4. The number of hydrogen-bond acceptors (Lipinski definition) is 9. The summed E-state index contributed by atoms with van der Waals surface area (Å²) in [6, 6.07) is 19.5. The van der Waals surface area contributed by atoms with Crippen molar-refractivity contribution in [3.05, 3.63) is 83.4 Å². The van der Waals surface area contributed by atoms with Gasteiger partial charge in [-0.25, -0.2) is 16.8 Å². The lowest BCUT2D eigenvalue weighted by atomic mass is 9.68. The number of aliphatic hydroxyl groups excluding tert-OH is 1. The number of rotatable bonds is 16. The van der Waals surface area contributed by atoms with Gasteiger partial charge < -0.3 is 23.8 Å². The van der Waals surface area contributed by atoms with E-state index in [0.29, 0.717) is 29.9 Å². The van der Waals surface area contributed by atoms with Crippen LogP contribution in [0.2, 0.25) is 0 Å². The van der Waals surface area contributed by atoms with Crippen molar-refractivity contribution in [3.63, 3.8) is 0 Å². The normalized spacial score (nSPS) is 23.7. The van der Waals surface area contributed by atoms with Crippen molar-refractivity contribution in [2.24, 2.45) is 5.41 Å². The van der Waals surface area contributed by atoms with Crippen LogP contribution in [0.25, 0.3) is 0 Å². The Bertz CT molecular complexity index is 1900. The number of sulfone groups is 1. The Morgan fingerprint density at radius 3 is 2.04 bits per heavy atom. The van der Waals surface area contributed by atoms with Crippen LogP contribution in [0.15, 0.2) is 76.5 Å². The number of fused-ring (bicyclic) bond motifs is 4. The maximum Gasteiger partial charge on any atom is 0.179 e. The molecule has 0 aliphatic carbocycles. The lowest BCUT2D eigenvalue weighted by Gasteiger charge is -2.50. The molecule has 56 heavy (non-hydrogen) atoms. The fourth-order valence-corrected chi connectivity index (χ4v) is 11.5. The van der Waals surface area contributed by atoms with E-state index in [0.717, 1.165) is 54.7 Å². The van der Waals surface area contributed by atoms with E-state index in [1.165, 1.54) is 75.3 Å². The van der Waals surface area contributed by atoms with Crippen LogP contribution in [0, 0.1) is 12.3 Å². The first kappa shape index (κ1) is 44.1. The molecule has 4 aliphatic heterocycles. The summed E-state index contributed by atoms with van der Waals surface area (Å²) in [5.74, 6) is 0.379. The second kappa shape index (κ2) is 19.2. The summed E-state index contributed by atoms with van der Waals surface area (Å²) in [5.41, 5.74) is 2.81. The number of ether oxygens (including phenoxy) is 1. The van der Waals surface area contributed by atoms with Crippen molar-refractivity contribution >= 4 is 25.6 Å². The highest BCUT2D eigenvalue weighted by molar-refractivity contribution is 7.91. The summed E-state index contributed by atoms with van der Waals surface area (Å²) in [6.45, 7) is 15.9.